The number of nitrogens with zero attached hydrogens (tertiary/aromatic N) is 3. The minimum Gasteiger partial charge on any atom is -0.468 e. The molecule has 0 N–H and O–H groups in total. The fourth-order valence-electron chi connectivity index (χ4n) is 1.16. The van der Waals surface area contributed by atoms with E-state index in [2.05, 4.69) is 14.8 Å². The van der Waals surface area contributed by atoms with E-state index in [4.69, 9.17) is 5.53 Å². The van der Waals surface area contributed by atoms with Crippen LogP contribution in [0.1, 0.15) is 17.2 Å². The summed E-state index contributed by atoms with van der Waals surface area (Å²) < 4.78 is 4.55. The molecule has 0 aliphatic heterocycles. The molecular weight excluding hydrogens is 194 g/mol. The number of hydrogen-bond acceptors (Lipinski definition) is 3. The number of methoxy groups -OCH3 is 1. The van der Waals surface area contributed by atoms with Crippen molar-refractivity contribution in [3.8, 4) is 0 Å². The number of carbonyl (C=O) groups excluding carboxylic acids is 1. The Bertz CT molecular complexity index is 394. The molecule has 1 unspecified atom stereocenters. The average molecular weight is 205 g/mol. The monoisotopic (exact) mass is 205 g/mol. The van der Waals surface area contributed by atoms with Crippen molar-refractivity contribution in [2.45, 2.75) is 13.0 Å². The number of aryl methyl sites for hydroxylation is 1. The van der Waals surface area contributed by atoms with Gasteiger partial charge in [-0.05, 0) is 18.0 Å². The fraction of sp³-hybridized carbons (Fsp3) is 0.300. The topological polar surface area (TPSA) is 75.1 Å². The van der Waals surface area contributed by atoms with Gasteiger partial charge in [-0.2, -0.15) is 0 Å². The minimum absolute atomic E-state index is 0.559. The molecule has 1 atom stereocenters. The van der Waals surface area contributed by atoms with Crippen molar-refractivity contribution in [3.05, 3.63) is 45.8 Å². The third-order valence-corrected chi connectivity index (χ3v) is 1.98. The molecule has 0 spiro atoms. The van der Waals surface area contributed by atoms with Gasteiger partial charge >= 0.3 is 5.97 Å². The molecule has 0 bridgehead atoms. The average Bonchev–Trinajstić information content (AvgIpc) is 2.26. The SMILES string of the molecule is COC(=O)C(N=[N+]=[N-])c1ccc(C)cc1. The summed E-state index contributed by atoms with van der Waals surface area (Å²) in [5.41, 5.74) is 10.0. The van der Waals surface area contributed by atoms with Crippen molar-refractivity contribution in [1.29, 1.82) is 0 Å². The number of esters is 1. The molecule has 0 heterocycles. The summed E-state index contributed by atoms with van der Waals surface area (Å²) in [7, 11) is 1.26. The molecule has 1 rings (SSSR count). The summed E-state index contributed by atoms with van der Waals surface area (Å²) in [6.45, 7) is 1.94. The molecule has 0 aliphatic rings. The molecule has 78 valence electrons. The smallest absolute Gasteiger partial charge is 0.319 e. The molecule has 0 radical (unpaired) electrons. The zero-order valence-electron chi connectivity index (χ0n) is 8.54. The molecule has 0 aliphatic carbocycles. The minimum atomic E-state index is -0.902. The van der Waals surface area contributed by atoms with Gasteiger partial charge in [0.25, 0.3) is 0 Å². The molecule has 15 heavy (non-hydrogen) atoms. The van der Waals surface area contributed by atoms with Gasteiger partial charge in [0.2, 0.25) is 0 Å². The van der Waals surface area contributed by atoms with Gasteiger partial charge in [0, 0.05) is 4.91 Å². The number of carbonyl (C=O) groups is 1. The van der Waals surface area contributed by atoms with Crippen LogP contribution in [0.4, 0.5) is 0 Å². The van der Waals surface area contributed by atoms with E-state index in [0.29, 0.717) is 5.56 Å². The zero-order valence-corrected chi connectivity index (χ0v) is 8.54. The Kier molecular flexibility index (Phi) is 3.71. The summed E-state index contributed by atoms with van der Waals surface area (Å²) in [5.74, 6) is -0.559. The van der Waals surface area contributed by atoms with Gasteiger partial charge in [0.15, 0.2) is 6.04 Å². The van der Waals surface area contributed by atoms with Crippen LogP contribution in [0.15, 0.2) is 29.4 Å². The van der Waals surface area contributed by atoms with E-state index in [-0.39, 0.29) is 0 Å². The number of ether oxygens (including phenoxy) is 1. The zero-order chi connectivity index (χ0) is 11.3. The van der Waals surface area contributed by atoms with Gasteiger partial charge in [0.1, 0.15) is 0 Å². The largest absolute Gasteiger partial charge is 0.468 e. The number of azide groups is 1. The van der Waals surface area contributed by atoms with E-state index in [1.54, 1.807) is 12.1 Å². The molecule has 1 aromatic rings. The Hall–Kier alpha value is -2.00. The number of hydrogen-bond donors (Lipinski definition) is 0. The Morgan fingerprint density at radius 2 is 2.07 bits per heavy atom. The van der Waals surface area contributed by atoms with Crippen molar-refractivity contribution in [1.82, 2.24) is 0 Å². The molecule has 5 nitrogen and oxygen atoms in total. The lowest BCUT2D eigenvalue weighted by atomic mass is 10.1. The highest BCUT2D eigenvalue weighted by Gasteiger charge is 2.19. The molecule has 0 saturated carbocycles. The van der Waals surface area contributed by atoms with Crippen molar-refractivity contribution in [2.75, 3.05) is 7.11 Å². The maximum Gasteiger partial charge on any atom is 0.319 e. The van der Waals surface area contributed by atoms with Crippen molar-refractivity contribution in [3.63, 3.8) is 0 Å². The third-order valence-electron chi connectivity index (χ3n) is 1.98. The van der Waals surface area contributed by atoms with Crippen LogP contribution in [0, 0.1) is 6.92 Å². The predicted octanol–water partition coefficient (Wildman–Crippen LogP) is 2.52. The van der Waals surface area contributed by atoms with Crippen LogP contribution in [0.2, 0.25) is 0 Å². The molecule has 1 aromatic carbocycles. The maximum atomic E-state index is 11.3. The van der Waals surface area contributed by atoms with Gasteiger partial charge in [-0.3, -0.25) is 4.79 Å². The first-order chi connectivity index (χ1) is 7.19. The van der Waals surface area contributed by atoms with E-state index in [1.807, 2.05) is 19.1 Å². The molecule has 0 fully saturated rings. The Balaban J connectivity index is 3.04. The molecule has 0 saturated heterocycles. The Labute approximate surface area is 87.3 Å². The van der Waals surface area contributed by atoms with E-state index in [9.17, 15) is 4.79 Å². The lowest BCUT2D eigenvalue weighted by molar-refractivity contribution is -0.142. The van der Waals surface area contributed by atoms with Crippen molar-refractivity contribution < 1.29 is 9.53 Å². The quantitative estimate of drug-likeness (QED) is 0.329. The summed E-state index contributed by atoms with van der Waals surface area (Å²) in [6, 6.07) is 6.27. The highest BCUT2D eigenvalue weighted by molar-refractivity contribution is 5.77. The molecule has 0 amide bonds. The number of rotatable bonds is 3. The van der Waals surface area contributed by atoms with Gasteiger partial charge < -0.3 is 4.74 Å². The molecule has 5 heteroatoms. The summed E-state index contributed by atoms with van der Waals surface area (Å²) in [6.07, 6.45) is 0. The number of benzene rings is 1. The highest BCUT2D eigenvalue weighted by atomic mass is 16.5. The van der Waals surface area contributed by atoms with Crippen LogP contribution in [0.25, 0.3) is 10.4 Å². The Morgan fingerprint density at radius 1 is 1.47 bits per heavy atom. The van der Waals surface area contributed by atoms with Gasteiger partial charge in [0.05, 0.1) is 7.11 Å². The first kappa shape index (κ1) is 11.1. The highest BCUT2D eigenvalue weighted by Crippen LogP contribution is 2.19. The second-order valence-electron chi connectivity index (χ2n) is 3.04. The van der Waals surface area contributed by atoms with Crippen LogP contribution in [-0.2, 0) is 9.53 Å². The lowest BCUT2D eigenvalue weighted by Gasteiger charge is -2.08. The van der Waals surface area contributed by atoms with Crippen LogP contribution in [0.5, 0.6) is 0 Å². The van der Waals surface area contributed by atoms with Crippen LogP contribution in [-0.4, -0.2) is 13.1 Å². The summed E-state index contributed by atoms with van der Waals surface area (Å²) in [4.78, 5) is 13.9. The summed E-state index contributed by atoms with van der Waals surface area (Å²) >= 11 is 0. The second kappa shape index (κ2) is 5.02. The lowest BCUT2D eigenvalue weighted by Crippen LogP contribution is -2.11. The van der Waals surface area contributed by atoms with E-state index in [0.717, 1.165) is 5.56 Å². The second-order valence-corrected chi connectivity index (χ2v) is 3.04. The fourth-order valence-corrected chi connectivity index (χ4v) is 1.16. The van der Waals surface area contributed by atoms with E-state index < -0.39 is 12.0 Å². The van der Waals surface area contributed by atoms with Gasteiger partial charge in [-0.25, -0.2) is 0 Å². The first-order valence-electron chi connectivity index (χ1n) is 4.37. The summed E-state index contributed by atoms with van der Waals surface area (Å²) in [5, 5.41) is 3.40. The van der Waals surface area contributed by atoms with Crippen molar-refractivity contribution >= 4 is 5.97 Å². The van der Waals surface area contributed by atoms with Gasteiger partial charge in [-0.15, -0.1) is 0 Å². The predicted molar refractivity (Wildman–Crippen MR) is 55.1 cm³/mol. The van der Waals surface area contributed by atoms with Crippen molar-refractivity contribution in [2.24, 2.45) is 5.11 Å². The first-order valence-corrected chi connectivity index (χ1v) is 4.37. The van der Waals surface area contributed by atoms with Crippen LogP contribution in [0.3, 0.4) is 0 Å². The Morgan fingerprint density at radius 3 is 2.53 bits per heavy atom. The molecule has 0 aromatic heterocycles. The molecular formula is C10H11N3O2. The third kappa shape index (κ3) is 2.72. The van der Waals surface area contributed by atoms with E-state index >= 15 is 0 Å². The van der Waals surface area contributed by atoms with Gasteiger partial charge in [-0.1, -0.05) is 34.9 Å². The van der Waals surface area contributed by atoms with E-state index in [1.165, 1.54) is 7.11 Å². The normalized spacial score (nSPS) is 11.3. The van der Waals surface area contributed by atoms with Crippen LogP contribution >= 0.6 is 0 Å². The maximum absolute atomic E-state index is 11.3. The van der Waals surface area contributed by atoms with Crippen LogP contribution < -0.4 is 0 Å². The standard InChI is InChI=1S/C10H11N3O2/c1-7-3-5-8(6-4-7)9(12-13-11)10(14)15-2/h3-6,9H,1-2H3.